The molecule has 0 aromatic heterocycles. The van der Waals surface area contributed by atoms with Crippen molar-refractivity contribution in [2.24, 2.45) is 5.41 Å². The second kappa shape index (κ2) is 9.36. The van der Waals surface area contributed by atoms with E-state index in [0.29, 0.717) is 12.8 Å². The molecule has 1 fully saturated rings. The first-order valence-electron chi connectivity index (χ1n) is 12.2. The highest BCUT2D eigenvalue weighted by Gasteiger charge is 2.49. The molecule has 0 heterocycles. The molecule has 1 atom stereocenters. The molecule has 2 amide bonds. The lowest BCUT2D eigenvalue weighted by Crippen LogP contribution is -2.61. The number of carbonyl (C=O) groups is 3. The van der Waals surface area contributed by atoms with Gasteiger partial charge in [0.2, 0.25) is 5.91 Å². The second-order valence-electron chi connectivity index (χ2n) is 10.7. The summed E-state index contributed by atoms with van der Waals surface area (Å²) in [6, 6.07) is 15.2. The molecule has 7 heteroatoms. The predicted molar refractivity (Wildman–Crippen MR) is 133 cm³/mol. The van der Waals surface area contributed by atoms with Crippen molar-refractivity contribution in [2.75, 3.05) is 13.7 Å². The summed E-state index contributed by atoms with van der Waals surface area (Å²) in [6.07, 6.45) is 1.64. The number of hydrogen-bond donors (Lipinski definition) is 2. The third-order valence-electron chi connectivity index (χ3n) is 7.52. The number of aliphatic carboxylic acids is 1. The van der Waals surface area contributed by atoms with Gasteiger partial charge in [-0.3, -0.25) is 4.79 Å². The van der Waals surface area contributed by atoms with Crippen LogP contribution in [0.1, 0.15) is 63.5 Å². The van der Waals surface area contributed by atoms with Crippen LogP contribution in [0.2, 0.25) is 0 Å². The van der Waals surface area contributed by atoms with Crippen molar-refractivity contribution in [3.05, 3.63) is 59.7 Å². The van der Waals surface area contributed by atoms with Crippen LogP contribution in [0.3, 0.4) is 0 Å². The van der Waals surface area contributed by atoms with Gasteiger partial charge in [-0.2, -0.15) is 0 Å². The van der Waals surface area contributed by atoms with Gasteiger partial charge in [0.05, 0.1) is 0 Å². The van der Waals surface area contributed by atoms with Crippen LogP contribution in [-0.4, -0.2) is 53.2 Å². The lowest BCUT2D eigenvalue weighted by atomic mass is 9.84. The van der Waals surface area contributed by atoms with E-state index >= 15 is 0 Å². The van der Waals surface area contributed by atoms with Crippen LogP contribution in [-0.2, 0) is 14.3 Å². The molecule has 2 aliphatic rings. The van der Waals surface area contributed by atoms with E-state index in [-0.39, 0.29) is 12.5 Å². The molecule has 4 rings (SSSR count). The molecular formula is C28H34N2O5. The fourth-order valence-corrected chi connectivity index (χ4v) is 5.46. The molecule has 1 saturated carbocycles. The third-order valence-corrected chi connectivity index (χ3v) is 7.52. The van der Waals surface area contributed by atoms with Crippen molar-refractivity contribution in [1.29, 1.82) is 0 Å². The van der Waals surface area contributed by atoms with Gasteiger partial charge in [-0.1, -0.05) is 82.1 Å². The van der Waals surface area contributed by atoms with E-state index in [9.17, 15) is 19.5 Å². The van der Waals surface area contributed by atoms with Crippen molar-refractivity contribution in [1.82, 2.24) is 10.2 Å². The number of likely N-dealkylation sites (N-methyl/N-ethyl adjacent to an activating group) is 1. The standard InChI is InChI=1S/C28H34N2O5/c1-27(2,3)23(24(31)30(4)28(25(32)33)15-9-10-16-28)29-26(34)35-17-22-20-13-7-5-11-18(20)19-12-6-8-14-21(19)22/h5-8,11-14,22-23H,9-10,15-17H2,1-4H3,(H,29,34)(H,32,33)/t23-/m0/s1. The van der Waals surface area contributed by atoms with E-state index in [1.54, 1.807) is 0 Å². The normalized spacial score (nSPS) is 17.3. The van der Waals surface area contributed by atoms with Gasteiger partial charge in [-0.05, 0) is 40.5 Å². The van der Waals surface area contributed by atoms with E-state index in [4.69, 9.17) is 4.74 Å². The van der Waals surface area contributed by atoms with Crippen LogP contribution >= 0.6 is 0 Å². The Labute approximate surface area is 206 Å². The quantitative estimate of drug-likeness (QED) is 0.622. The molecule has 186 valence electrons. The number of carboxylic acids is 1. The largest absolute Gasteiger partial charge is 0.479 e. The molecule has 0 aliphatic heterocycles. The Bertz CT molecular complexity index is 1080. The van der Waals surface area contributed by atoms with E-state index in [2.05, 4.69) is 17.4 Å². The topological polar surface area (TPSA) is 95.9 Å². The first-order chi connectivity index (χ1) is 16.6. The lowest BCUT2D eigenvalue weighted by Gasteiger charge is -2.40. The Morgan fingerprint density at radius 3 is 2.03 bits per heavy atom. The van der Waals surface area contributed by atoms with Gasteiger partial charge in [0, 0.05) is 13.0 Å². The van der Waals surface area contributed by atoms with E-state index in [1.165, 1.54) is 11.9 Å². The van der Waals surface area contributed by atoms with Gasteiger partial charge in [-0.15, -0.1) is 0 Å². The molecule has 0 saturated heterocycles. The molecule has 0 bridgehead atoms. The van der Waals surface area contributed by atoms with Gasteiger partial charge < -0.3 is 20.1 Å². The number of amides is 2. The average molecular weight is 479 g/mol. The summed E-state index contributed by atoms with van der Waals surface area (Å²) in [7, 11) is 1.53. The number of benzene rings is 2. The van der Waals surface area contributed by atoms with E-state index in [0.717, 1.165) is 35.1 Å². The first kappa shape index (κ1) is 24.8. The summed E-state index contributed by atoms with van der Waals surface area (Å²) >= 11 is 0. The number of rotatable bonds is 6. The maximum atomic E-state index is 13.5. The number of fused-ring (bicyclic) bond motifs is 3. The summed E-state index contributed by atoms with van der Waals surface area (Å²) in [5.41, 5.74) is 2.61. The van der Waals surface area contributed by atoms with Crippen LogP contribution < -0.4 is 5.32 Å². The minimum atomic E-state index is -1.23. The Hall–Kier alpha value is -3.35. The molecule has 7 nitrogen and oxygen atoms in total. The Balaban J connectivity index is 1.49. The number of alkyl carbamates (subject to hydrolysis) is 1. The SMILES string of the molecule is CN(C(=O)[C@H](NC(=O)OCC1c2ccccc2-c2ccccc21)C(C)(C)C)C1(C(=O)O)CCCC1. The minimum Gasteiger partial charge on any atom is -0.479 e. The smallest absolute Gasteiger partial charge is 0.407 e. The maximum Gasteiger partial charge on any atom is 0.407 e. The number of nitrogens with one attached hydrogen (secondary N) is 1. The minimum absolute atomic E-state index is 0.0895. The van der Waals surface area contributed by atoms with Gasteiger partial charge in [-0.25, -0.2) is 9.59 Å². The summed E-state index contributed by atoms with van der Waals surface area (Å²) in [4.78, 5) is 39.9. The van der Waals surface area contributed by atoms with Gasteiger partial charge in [0.1, 0.15) is 18.2 Å². The highest BCUT2D eigenvalue weighted by atomic mass is 16.5. The number of carbonyl (C=O) groups excluding carboxylic acids is 2. The molecule has 0 radical (unpaired) electrons. The first-order valence-corrected chi connectivity index (χ1v) is 12.2. The second-order valence-corrected chi connectivity index (χ2v) is 10.7. The molecule has 35 heavy (non-hydrogen) atoms. The molecule has 0 unspecified atom stereocenters. The third kappa shape index (κ3) is 4.51. The summed E-state index contributed by atoms with van der Waals surface area (Å²) in [5.74, 6) is -1.51. The zero-order valence-electron chi connectivity index (χ0n) is 20.8. The Morgan fingerprint density at radius 2 is 1.54 bits per heavy atom. The van der Waals surface area contributed by atoms with Crippen molar-refractivity contribution >= 4 is 18.0 Å². The highest BCUT2D eigenvalue weighted by Crippen LogP contribution is 2.44. The molecular weight excluding hydrogens is 444 g/mol. The zero-order valence-corrected chi connectivity index (χ0v) is 20.8. The monoisotopic (exact) mass is 478 g/mol. The zero-order chi connectivity index (χ0) is 25.4. The Morgan fingerprint density at radius 1 is 1.03 bits per heavy atom. The molecule has 2 aromatic rings. The van der Waals surface area contributed by atoms with Gasteiger partial charge >= 0.3 is 12.1 Å². The molecule has 2 aliphatic carbocycles. The van der Waals surface area contributed by atoms with Crippen molar-refractivity contribution < 1.29 is 24.2 Å². The number of carboxylic acid groups (broad SMARTS) is 1. The number of ether oxygens (including phenoxy) is 1. The predicted octanol–water partition coefficient (Wildman–Crippen LogP) is 4.80. The lowest BCUT2D eigenvalue weighted by molar-refractivity contribution is -0.159. The highest BCUT2D eigenvalue weighted by molar-refractivity contribution is 5.92. The molecule has 2 aromatic carbocycles. The van der Waals surface area contributed by atoms with Crippen molar-refractivity contribution in [2.45, 2.75) is 64.0 Å². The molecule has 0 spiro atoms. The van der Waals surface area contributed by atoms with Crippen LogP contribution in [0, 0.1) is 5.41 Å². The molecule has 2 N–H and O–H groups in total. The summed E-state index contributed by atoms with van der Waals surface area (Å²) in [5, 5.41) is 12.7. The average Bonchev–Trinajstić information content (AvgIpc) is 3.44. The van der Waals surface area contributed by atoms with Crippen LogP contribution in [0.4, 0.5) is 4.79 Å². The van der Waals surface area contributed by atoms with Gasteiger partial charge in [0.15, 0.2) is 0 Å². The Kier molecular flexibility index (Phi) is 6.62. The van der Waals surface area contributed by atoms with Crippen molar-refractivity contribution in [3.8, 4) is 11.1 Å². The fraction of sp³-hybridized carbons (Fsp3) is 0.464. The summed E-state index contributed by atoms with van der Waals surface area (Å²) in [6.45, 7) is 5.67. The number of hydrogen-bond acceptors (Lipinski definition) is 4. The fourth-order valence-electron chi connectivity index (χ4n) is 5.46. The number of nitrogens with zero attached hydrogens (tertiary/aromatic N) is 1. The van der Waals surface area contributed by atoms with E-state index < -0.39 is 35.0 Å². The van der Waals surface area contributed by atoms with Crippen LogP contribution in [0.5, 0.6) is 0 Å². The summed E-state index contributed by atoms with van der Waals surface area (Å²) < 4.78 is 5.66. The van der Waals surface area contributed by atoms with Crippen LogP contribution in [0.25, 0.3) is 11.1 Å². The maximum absolute atomic E-state index is 13.5. The van der Waals surface area contributed by atoms with E-state index in [1.807, 2.05) is 57.2 Å². The van der Waals surface area contributed by atoms with Crippen LogP contribution in [0.15, 0.2) is 48.5 Å². The van der Waals surface area contributed by atoms with Gasteiger partial charge in [0.25, 0.3) is 0 Å². The van der Waals surface area contributed by atoms with Crippen molar-refractivity contribution in [3.63, 3.8) is 0 Å².